The van der Waals surface area contributed by atoms with Crippen LogP contribution in [-0.2, 0) is 16.0 Å². The lowest BCUT2D eigenvalue weighted by molar-refractivity contribution is -0.143. The van der Waals surface area contributed by atoms with Crippen molar-refractivity contribution in [2.24, 2.45) is 0 Å². The Kier molecular flexibility index (Phi) is 7.20. The molecule has 0 bridgehead atoms. The van der Waals surface area contributed by atoms with Crippen LogP contribution < -0.4 is 5.32 Å². The van der Waals surface area contributed by atoms with E-state index in [9.17, 15) is 18.4 Å². The molecule has 1 N–H and O–H groups in total. The minimum Gasteiger partial charge on any atom is -0.466 e. The summed E-state index contributed by atoms with van der Waals surface area (Å²) in [5, 5.41) is 2.40. The SMILES string of the molecule is Cc1cccc(CCCOC(=O)CCNC(=O)c2ccc(F)cc2F)n1. The highest BCUT2D eigenvalue weighted by Gasteiger charge is 2.12. The van der Waals surface area contributed by atoms with Crippen LogP contribution in [0.5, 0.6) is 0 Å². The van der Waals surface area contributed by atoms with Gasteiger partial charge in [-0.3, -0.25) is 14.6 Å². The zero-order chi connectivity index (χ0) is 18.9. The Morgan fingerprint density at radius 2 is 2.00 bits per heavy atom. The largest absolute Gasteiger partial charge is 0.466 e. The van der Waals surface area contributed by atoms with Crippen LogP contribution in [0.25, 0.3) is 0 Å². The van der Waals surface area contributed by atoms with Gasteiger partial charge in [0.15, 0.2) is 0 Å². The van der Waals surface area contributed by atoms with Gasteiger partial charge in [-0.15, -0.1) is 0 Å². The van der Waals surface area contributed by atoms with E-state index in [0.717, 1.165) is 23.5 Å². The van der Waals surface area contributed by atoms with Gasteiger partial charge in [-0.2, -0.15) is 0 Å². The molecule has 0 unspecified atom stereocenters. The topological polar surface area (TPSA) is 68.3 Å². The molecule has 0 radical (unpaired) electrons. The normalized spacial score (nSPS) is 10.4. The first kappa shape index (κ1) is 19.5. The summed E-state index contributed by atoms with van der Waals surface area (Å²) in [4.78, 5) is 27.8. The molecule has 0 atom stereocenters. The maximum Gasteiger partial charge on any atom is 0.307 e. The third kappa shape index (κ3) is 6.23. The smallest absolute Gasteiger partial charge is 0.307 e. The van der Waals surface area contributed by atoms with E-state index in [1.807, 2.05) is 25.1 Å². The van der Waals surface area contributed by atoms with Crippen LogP contribution in [0, 0.1) is 18.6 Å². The zero-order valence-corrected chi connectivity index (χ0v) is 14.4. The molecule has 7 heteroatoms. The first-order valence-corrected chi connectivity index (χ1v) is 8.27. The summed E-state index contributed by atoms with van der Waals surface area (Å²) in [5.41, 5.74) is 1.60. The number of ether oxygens (including phenoxy) is 1. The van der Waals surface area contributed by atoms with Crippen LogP contribution in [0.2, 0.25) is 0 Å². The second kappa shape index (κ2) is 9.60. The van der Waals surface area contributed by atoms with Crippen molar-refractivity contribution in [2.45, 2.75) is 26.2 Å². The quantitative estimate of drug-likeness (QED) is 0.579. The number of nitrogens with zero attached hydrogens (tertiary/aromatic N) is 1. The van der Waals surface area contributed by atoms with Crippen LogP contribution in [0.4, 0.5) is 8.78 Å². The summed E-state index contributed by atoms with van der Waals surface area (Å²) in [6.07, 6.45) is 1.32. The van der Waals surface area contributed by atoms with Crippen molar-refractivity contribution >= 4 is 11.9 Å². The van der Waals surface area contributed by atoms with Crippen molar-refractivity contribution in [1.82, 2.24) is 10.3 Å². The third-order valence-electron chi connectivity index (χ3n) is 3.58. The van der Waals surface area contributed by atoms with E-state index in [1.54, 1.807) is 0 Å². The molecular weight excluding hydrogens is 342 g/mol. The van der Waals surface area contributed by atoms with Crippen LogP contribution >= 0.6 is 0 Å². The van der Waals surface area contributed by atoms with E-state index in [-0.39, 0.29) is 25.1 Å². The van der Waals surface area contributed by atoms with Crippen molar-refractivity contribution in [3.63, 3.8) is 0 Å². The Labute approximate surface area is 150 Å². The van der Waals surface area contributed by atoms with E-state index in [0.29, 0.717) is 18.9 Å². The summed E-state index contributed by atoms with van der Waals surface area (Å²) in [5.74, 6) is -2.87. The van der Waals surface area contributed by atoms with Crippen molar-refractivity contribution in [3.05, 3.63) is 65.0 Å². The average molecular weight is 362 g/mol. The molecule has 0 saturated carbocycles. The molecule has 2 aromatic rings. The molecule has 26 heavy (non-hydrogen) atoms. The summed E-state index contributed by atoms with van der Waals surface area (Å²) in [6.45, 7) is 2.18. The van der Waals surface area contributed by atoms with Gasteiger partial charge >= 0.3 is 5.97 Å². The van der Waals surface area contributed by atoms with Gasteiger partial charge in [0.05, 0.1) is 18.6 Å². The lowest BCUT2D eigenvalue weighted by atomic mass is 10.2. The predicted octanol–water partition coefficient (Wildman–Crippen LogP) is 2.96. The summed E-state index contributed by atoms with van der Waals surface area (Å²) >= 11 is 0. The fourth-order valence-corrected chi connectivity index (χ4v) is 2.30. The molecule has 0 aliphatic heterocycles. The van der Waals surface area contributed by atoms with Gasteiger partial charge in [-0.25, -0.2) is 8.78 Å². The monoisotopic (exact) mass is 362 g/mol. The molecule has 1 heterocycles. The van der Waals surface area contributed by atoms with Crippen molar-refractivity contribution < 1.29 is 23.1 Å². The molecular formula is C19H20F2N2O3. The van der Waals surface area contributed by atoms with Crippen LogP contribution in [0.3, 0.4) is 0 Å². The van der Waals surface area contributed by atoms with Gasteiger partial charge in [0, 0.05) is 24.0 Å². The summed E-state index contributed by atoms with van der Waals surface area (Å²) in [7, 11) is 0. The Morgan fingerprint density at radius 3 is 2.73 bits per heavy atom. The molecule has 2 rings (SSSR count). The fourth-order valence-electron chi connectivity index (χ4n) is 2.30. The summed E-state index contributed by atoms with van der Waals surface area (Å²) < 4.78 is 31.3. The Morgan fingerprint density at radius 1 is 1.19 bits per heavy atom. The number of carbonyl (C=O) groups excluding carboxylic acids is 2. The molecule has 0 aliphatic carbocycles. The zero-order valence-electron chi connectivity index (χ0n) is 14.4. The Bertz CT molecular complexity index is 781. The predicted molar refractivity (Wildman–Crippen MR) is 91.6 cm³/mol. The van der Waals surface area contributed by atoms with Gasteiger partial charge in [0.25, 0.3) is 5.91 Å². The van der Waals surface area contributed by atoms with E-state index in [1.165, 1.54) is 0 Å². The maximum atomic E-state index is 13.5. The minimum atomic E-state index is -0.949. The van der Waals surface area contributed by atoms with Crippen LogP contribution in [0.15, 0.2) is 36.4 Å². The minimum absolute atomic E-state index is 0.00786. The lowest BCUT2D eigenvalue weighted by Crippen LogP contribution is -2.27. The number of pyridine rings is 1. The number of carbonyl (C=O) groups is 2. The van der Waals surface area contributed by atoms with Gasteiger partial charge in [0.1, 0.15) is 11.6 Å². The van der Waals surface area contributed by atoms with E-state index in [2.05, 4.69) is 10.3 Å². The number of aromatic nitrogens is 1. The van der Waals surface area contributed by atoms with Gasteiger partial charge < -0.3 is 10.1 Å². The van der Waals surface area contributed by atoms with Crippen LogP contribution in [0.1, 0.15) is 34.6 Å². The number of nitrogens with one attached hydrogen (secondary N) is 1. The molecule has 1 aromatic heterocycles. The first-order chi connectivity index (χ1) is 12.5. The van der Waals surface area contributed by atoms with Crippen LogP contribution in [-0.4, -0.2) is 30.0 Å². The third-order valence-corrected chi connectivity index (χ3v) is 3.58. The Balaban J connectivity index is 1.63. The lowest BCUT2D eigenvalue weighted by Gasteiger charge is -2.07. The standard InChI is InChI=1S/C19H20F2N2O3/c1-13-4-2-5-15(23-13)6-3-11-26-18(24)9-10-22-19(25)16-8-7-14(20)12-17(16)21/h2,4-5,7-8,12H,3,6,9-11H2,1H3,(H,22,25). The second-order valence-corrected chi connectivity index (χ2v) is 5.72. The maximum absolute atomic E-state index is 13.5. The molecule has 1 aromatic carbocycles. The first-order valence-electron chi connectivity index (χ1n) is 8.27. The van der Waals surface area contributed by atoms with E-state index < -0.39 is 23.5 Å². The number of hydrogen-bond acceptors (Lipinski definition) is 4. The molecule has 0 spiro atoms. The number of hydrogen-bond donors (Lipinski definition) is 1. The van der Waals surface area contributed by atoms with Gasteiger partial charge in [-0.05, 0) is 44.0 Å². The number of rotatable bonds is 8. The fraction of sp³-hybridized carbons (Fsp3) is 0.316. The molecule has 0 aliphatic rings. The van der Waals surface area contributed by atoms with Gasteiger partial charge in [-0.1, -0.05) is 6.07 Å². The average Bonchev–Trinajstić information content (AvgIpc) is 2.58. The number of aryl methyl sites for hydroxylation is 2. The van der Waals surface area contributed by atoms with Crippen molar-refractivity contribution in [1.29, 1.82) is 0 Å². The second-order valence-electron chi connectivity index (χ2n) is 5.72. The number of amides is 1. The number of benzene rings is 1. The highest BCUT2D eigenvalue weighted by Crippen LogP contribution is 2.09. The van der Waals surface area contributed by atoms with Crippen molar-refractivity contribution in [3.8, 4) is 0 Å². The molecule has 0 saturated heterocycles. The van der Waals surface area contributed by atoms with E-state index in [4.69, 9.17) is 4.74 Å². The molecule has 0 fully saturated rings. The number of esters is 1. The molecule has 5 nitrogen and oxygen atoms in total. The van der Waals surface area contributed by atoms with Gasteiger partial charge in [0.2, 0.25) is 0 Å². The van der Waals surface area contributed by atoms with Crippen molar-refractivity contribution in [2.75, 3.05) is 13.2 Å². The number of halogens is 2. The summed E-state index contributed by atoms with van der Waals surface area (Å²) in [6, 6.07) is 8.43. The molecule has 1 amide bonds. The van der Waals surface area contributed by atoms with E-state index >= 15 is 0 Å². The highest BCUT2D eigenvalue weighted by atomic mass is 19.1. The highest BCUT2D eigenvalue weighted by molar-refractivity contribution is 5.94. The molecule has 138 valence electrons. The Hall–Kier alpha value is -2.83.